The highest BCUT2D eigenvalue weighted by Crippen LogP contribution is 2.36. The number of carbonyl (C=O) groups excluding carboxylic acids is 3. The van der Waals surface area contributed by atoms with Gasteiger partial charge in [-0.3, -0.25) is 14.9 Å². The Bertz CT molecular complexity index is 1070. The first-order valence-electron chi connectivity index (χ1n) is 8.55. The maximum Gasteiger partial charge on any atom is 0.335 e. The van der Waals surface area contributed by atoms with Crippen molar-refractivity contribution < 1.29 is 24.2 Å². The number of benzene rings is 2. The molecule has 1 fully saturated rings. The Morgan fingerprint density at radius 3 is 2.55 bits per heavy atom. The molecule has 1 heterocycles. The highest BCUT2D eigenvalue weighted by Gasteiger charge is 2.37. The number of phenolic OH excluding ortho intramolecular Hbond substituents is 1. The van der Waals surface area contributed by atoms with E-state index in [0.29, 0.717) is 27.9 Å². The van der Waals surface area contributed by atoms with Crippen LogP contribution in [0.4, 0.5) is 10.5 Å². The minimum atomic E-state index is -0.815. The van der Waals surface area contributed by atoms with Crippen LogP contribution < -0.4 is 15.0 Å². The Morgan fingerprint density at radius 2 is 1.90 bits per heavy atom. The number of imide groups is 2. The fourth-order valence-corrected chi connectivity index (χ4v) is 3.79. The number of hydrogen-bond donors (Lipinski definition) is 2. The van der Waals surface area contributed by atoms with Crippen LogP contribution in [0.15, 0.2) is 44.9 Å². The second kappa shape index (κ2) is 8.38. The SMILES string of the molecule is CCOc1cc(/C=C2/C(=O)NC(=O)N(c3ccc(Br)cc3C)C2=O)cc(Br)c1O. The molecule has 1 saturated heterocycles. The molecular weight excluding hydrogens is 508 g/mol. The first-order chi connectivity index (χ1) is 13.7. The molecule has 7 nitrogen and oxygen atoms in total. The molecule has 0 saturated carbocycles. The van der Waals surface area contributed by atoms with Crippen LogP contribution in [-0.2, 0) is 9.59 Å². The predicted octanol–water partition coefficient (Wildman–Crippen LogP) is 4.29. The molecule has 9 heteroatoms. The first kappa shape index (κ1) is 21.1. The van der Waals surface area contributed by atoms with Gasteiger partial charge in [0.1, 0.15) is 5.57 Å². The van der Waals surface area contributed by atoms with Crippen LogP contribution in [0.3, 0.4) is 0 Å². The third-order valence-corrected chi connectivity index (χ3v) is 5.26. The summed E-state index contributed by atoms with van der Waals surface area (Å²) in [6.07, 6.45) is 1.35. The van der Waals surface area contributed by atoms with Gasteiger partial charge >= 0.3 is 6.03 Å². The largest absolute Gasteiger partial charge is 0.503 e. The van der Waals surface area contributed by atoms with E-state index in [4.69, 9.17) is 4.74 Å². The maximum atomic E-state index is 13.0. The Labute approximate surface area is 183 Å². The molecule has 0 aliphatic carbocycles. The van der Waals surface area contributed by atoms with Crippen LogP contribution in [0.25, 0.3) is 6.08 Å². The summed E-state index contributed by atoms with van der Waals surface area (Å²) >= 11 is 6.56. The van der Waals surface area contributed by atoms with Gasteiger partial charge in [0.05, 0.1) is 16.8 Å². The Hall–Kier alpha value is -2.65. The average molecular weight is 524 g/mol. The van der Waals surface area contributed by atoms with E-state index in [1.54, 1.807) is 32.0 Å². The number of phenols is 1. The monoisotopic (exact) mass is 522 g/mol. The van der Waals surface area contributed by atoms with Crippen molar-refractivity contribution in [1.82, 2.24) is 5.32 Å². The van der Waals surface area contributed by atoms with Crippen molar-refractivity contribution in [2.45, 2.75) is 13.8 Å². The molecule has 1 aliphatic heterocycles. The molecule has 0 atom stereocenters. The number of rotatable bonds is 4. The lowest BCUT2D eigenvalue weighted by Gasteiger charge is -2.27. The quantitative estimate of drug-likeness (QED) is 0.460. The number of halogens is 2. The second-order valence-corrected chi connectivity index (χ2v) is 7.94. The third-order valence-electron chi connectivity index (χ3n) is 4.16. The van der Waals surface area contributed by atoms with Crippen LogP contribution in [0.1, 0.15) is 18.1 Å². The van der Waals surface area contributed by atoms with Crippen molar-refractivity contribution in [2.24, 2.45) is 0 Å². The lowest BCUT2D eigenvalue weighted by Crippen LogP contribution is -2.54. The summed E-state index contributed by atoms with van der Waals surface area (Å²) in [5.41, 5.74) is 1.28. The normalized spacial score (nSPS) is 15.7. The second-order valence-electron chi connectivity index (χ2n) is 6.17. The standard InChI is InChI=1S/C20H16Br2N2O5/c1-3-29-16-9-11(8-14(22)17(16)25)7-13-18(26)23-20(28)24(19(13)27)15-5-4-12(21)6-10(15)2/h4-9,25H,3H2,1-2H3,(H,23,26,28)/b13-7-. The van der Waals surface area contributed by atoms with E-state index in [1.165, 1.54) is 18.2 Å². The van der Waals surface area contributed by atoms with Gasteiger partial charge < -0.3 is 9.84 Å². The molecule has 2 aromatic rings. The van der Waals surface area contributed by atoms with E-state index in [1.807, 2.05) is 0 Å². The van der Waals surface area contributed by atoms with E-state index in [0.717, 1.165) is 9.37 Å². The first-order valence-corrected chi connectivity index (χ1v) is 10.1. The Balaban J connectivity index is 2.06. The van der Waals surface area contributed by atoms with Gasteiger partial charge in [-0.2, -0.15) is 0 Å². The van der Waals surface area contributed by atoms with Gasteiger partial charge in [0.2, 0.25) is 0 Å². The van der Waals surface area contributed by atoms with E-state index in [-0.39, 0.29) is 17.1 Å². The molecule has 150 valence electrons. The summed E-state index contributed by atoms with van der Waals surface area (Å²) in [5.74, 6) is -1.43. The number of ether oxygens (including phenoxy) is 1. The Morgan fingerprint density at radius 1 is 1.17 bits per heavy atom. The highest BCUT2D eigenvalue weighted by molar-refractivity contribution is 9.10. The topological polar surface area (TPSA) is 95.9 Å². The van der Waals surface area contributed by atoms with Crippen molar-refractivity contribution in [3.05, 3.63) is 56.0 Å². The van der Waals surface area contributed by atoms with Gasteiger partial charge in [-0.1, -0.05) is 15.9 Å². The summed E-state index contributed by atoms with van der Waals surface area (Å²) in [4.78, 5) is 38.7. The van der Waals surface area contributed by atoms with E-state index in [2.05, 4.69) is 37.2 Å². The number of aryl methyl sites for hydroxylation is 1. The van der Waals surface area contributed by atoms with Crippen molar-refractivity contribution >= 4 is 61.5 Å². The minimum Gasteiger partial charge on any atom is -0.503 e. The number of anilines is 1. The van der Waals surface area contributed by atoms with Gasteiger partial charge in [-0.25, -0.2) is 9.69 Å². The molecule has 0 bridgehead atoms. The average Bonchev–Trinajstić information content (AvgIpc) is 2.64. The van der Waals surface area contributed by atoms with Gasteiger partial charge in [0.15, 0.2) is 11.5 Å². The molecule has 2 aromatic carbocycles. The number of nitrogens with zero attached hydrogens (tertiary/aromatic N) is 1. The van der Waals surface area contributed by atoms with Crippen LogP contribution in [0, 0.1) is 6.92 Å². The van der Waals surface area contributed by atoms with Crippen LogP contribution in [0.5, 0.6) is 11.5 Å². The van der Waals surface area contributed by atoms with Gasteiger partial charge in [-0.05, 0) is 77.3 Å². The smallest absolute Gasteiger partial charge is 0.335 e. The fourth-order valence-electron chi connectivity index (χ4n) is 2.86. The number of barbiturate groups is 1. The molecular formula is C20H16Br2N2O5. The molecule has 2 N–H and O–H groups in total. The zero-order valence-electron chi connectivity index (χ0n) is 15.5. The zero-order valence-corrected chi connectivity index (χ0v) is 18.6. The molecule has 29 heavy (non-hydrogen) atoms. The molecule has 0 spiro atoms. The Kier molecular flexibility index (Phi) is 6.09. The number of carbonyl (C=O) groups is 3. The molecule has 3 rings (SSSR count). The third kappa shape index (κ3) is 4.20. The minimum absolute atomic E-state index is 0.0873. The maximum absolute atomic E-state index is 13.0. The van der Waals surface area contributed by atoms with Gasteiger partial charge in [-0.15, -0.1) is 0 Å². The molecule has 1 aliphatic rings. The van der Waals surface area contributed by atoms with Crippen LogP contribution in [0.2, 0.25) is 0 Å². The predicted molar refractivity (Wildman–Crippen MR) is 115 cm³/mol. The fraction of sp³-hybridized carbons (Fsp3) is 0.150. The van der Waals surface area contributed by atoms with Crippen molar-refractivity contribution in [3.8, 4) is 11.5 Å². The number of hydrogen-bond acceptors (Lipinski definition) is 5. The van der Waals surface area contributed by atoms with Crippen LogP contribution in [-0.4, -0.2) is 29.6 Å². The van der Waals surface area contributed by atoms with E-state index in [9.17, 15) is 19.5 Å². The van der Waals surface area contributed by atoms with Gasteiger partial charge in [0, 0.05) is 4.47 Å². The number of nitrogens with one attached hydrogen (secondary N) is 1. The van der Waals surface area contributed by atoms with Crippen molar-refractivity contribution in [1.29, 1.82) is 0 Å². The summed E-state index contributed by atoms with van der Waals surface area (Å²) < 4.78 is 6.51. The summed E-state index contributed by atoms with van der Waals surface area (Å²) in [6.45, 7) is 3.84. The summed E-state index contributed by atoms with van der Waals surface area (Å²) in [6, 6.07) is 7.31. The molecule has 4 amide bonds. The van der Waals surface area contributed by atoms with Crippen LogP contribution >= 0.6 is 31.9 Å². The van der Waals surface area contributed by atoms with E-state index >= 15 is 0 Å². The lowest BCUT2D eigenvalue weighted by atomic mass is 10.1. The summed E-state index contributed by atoms with van der Waals surface area (Å²) in [7, 11) is 0. The van der Waals surface area contributed by atoms with Crippen molar-refractivity contribution in [2.75, 3.05) is 11.5 Å². The van der Waals surface area contributed by atoms with E-state index < -0.39 is 17.8 Å². The number of urea groups is 1. The lowest BCUT2D eigenvalue weighted by molar-refractivity contribution is -0.122. The van der Waals surface area contributed by atoms with Gasteiger partial charge in [0.25, 0.3) is 11.8 Å². The molecule has 0 radical (unpaired) electrons. The number of aromatic hydroxyl groups is 1. The highest BCUT2D eigenvalue weighted by atomic mass is 79.9. The number of amides is 4. The summed E-state index contributed by atoms with van der Waals surface area (Å²) in [5, 5.41) is 12.2. The molecule has 0 unspecified atom stereocenters. The van der Waals surface area contributed by atoms with Crippen molar-refractivity contribution in [3.63, 3.8) is 0 Å². The zero-order chi connectivity index (χ0) is 21.3. The molecule has 0 aromatic heterocycles.